The number of pyridine rings is 2. The van der Waals surface area contributed by atoms with E-state index in [0.29, 0.717) is 23.7 Å². The quantitative estimate of drug-likeness (QED) is 0.129. The molecule has 6 rings (SSSR count). The third-order valence-corrected chi connectivity index (χ3v) is 8.89. The monoisotopic (exact) mass is 754 g/mol. The summed E-state index contributed by atoms with van der Waals surface area (Å²) in [6.45, 7) is 26.5. The van der Waals surface area contributed by atoms with E-state index in [1.54, 1.807) is 0 Å². The summed E-state index contributed by atoms with van der Waals surface area (Å²) in [5.74, 6) is 2.14. The molecule has 51 heavy (non-hydrogen) atoms. The van der Waals surface area contributed by atoms with Gasteiger partial charge in [-0.15, -0.1) is 0 Å². The van der Waals surface area contributed by atoms with E-state index in [2.05, 4.69) is 155 Å². The summed E-state index contributed by atoms with van der Waals surface area (Å²) in [5, 5.41) is 5.21. The maximum absolute atomic E-state index is 4.76. The van der Waals surface area contributed by atoms with Gasteiger partial charge in [0.25, 0.3) is 0 Å². The fourth-order valence-corrected chi connectivity index (χ4v) is 6.31. The smallest absolute Gasteiger partial charge is 1.00 e. The number of rotatable bonds is 5. The summed E-state index contributed by atoms with van der Waals surface area (Å²) in [6, 6.07) is 29.4. The minimum Gasteiger partial charge on any atom is -1.00 e. The first kappa shape index (κ1) is 46.0. The van der Waals surface area contributed by atoms with Gasteiger partial charge in [-0.05, 0) is 107 Å². The van der Waals surface area contributed by atoms with E-state index >= 15 is 0 Å². The molecule has 0 aliphatic rings. The number of hydrogen-bond acceptors (Lipinski definition) is 2. The third-order valence-electron chi connectivity index (χ3n) is 8.89. The SMILES string of the molecule is C.CC(C)c1cc(C(C)C)c2ccncc2c1.Cc1c[c-]cc(C)c1.Cc1cc(C)cc(-c2nccc3c(C(C)C)cc(C(C)C)cc23)c1.[Br-].[Mg+2]. The second-order valence-electron chi connectivity index (χ2n) is 14.7. The van der Waals surface area contributed by atoms with Gasteiger partial charge in [-0.2, -0.15) is 35.4 Å². The number of nitrogens with zero attached hydrogens (tertiary/aromatic N) is 2. The molecule has 4 aromatic carbocycles. The molecule has 0 saturated carbocycles. The zero-order valence-electron chi connectivity index (χ0n) is 32.4. The molecule has 0 atom stereocenters. The van der Waals surface area contributed by atoms with Gasteiger partial charge < -0.3 is 17.0 Å². The minimum absolute atomic E-state index is 0. The van der Waals surface area contributed by atoms with Crippen LogP contribution in [0.4, 0.5) is 0 Å². The summed E-state index contributed by atoms with van der Waals surface area (Å²) < 4.78 is 0. The van der Waals surface area contributed by atoms with Crippen LogP contribution < -0.4 is 17.0 Å². The van der Waals surface area contributed by atoms with Crippen molar-refractivity contribution < 1.29 is 17.0 Å². The molecule has 6 aromatic rings. The number of fused-ring (bicyclic) bond motifs is 2. The van der Waals surface area contributed by atoms with E-state index in [1.807, 2.05) is 30.7 Å². The van der Waals surface area contributed by atoms with Crippen LogP contribution in [-0.4, -0.2) is 33.0 Å². The van der Waals surface area contributed by atoms with Crippen molar-refractivity contribution in [2.45, 2.75) is 114 Å². The van der Waals surface area contributed by atoms with Crippen molar-refractivity contribution in [3.05, 3.63) is 142 Å². The molecular formula is C47H59BrMgN2. The Balaban J connectivity index is 0.000000417. The number of hydrogen-bond donors (Lipinski definition) is 0. The Hall–Kier alpha value is -3.05. The van der Waals surface area contributed by atoms with Crippen molar-refractivity contribution in [2.75, 3.05) is 0 Å². The van der Waals surface area contributed by atoms with E-state index in [-0.39, 0.29) is 47.5 Å². The Morgan fingerprint density at radius 2 is 1.02 bits per heavy atom. The van der Waals surface area contributed by atoms with E-state index < -0.39 is 0 Å². The molecule has 0 spiro atoms. The van der Waals surface area contributed by atoms with Gasteiger partial charge in [0.1, 0.15) is 0 Å². The molecule has 2 heterocycles. The fourth-order valence-electron chi connectivity index (χ4n) is 6.31. The van der Waals surface area contributed by atoms with Crippen LogP contribution in [0.1, 0.15) is 131 Å². The Bertz CT molecular complexity index is 1950. The van der Waals surface area contributed by atoms with Crippen LogP contribution in [0.15, 0.2) is 91.4 Å². The molecule has 266 valence electrons. The molecule has 0 amide bonds. The van der Waals surface area contributed by atoms with Gasteiger partial charge in [-0.25, -0.2) is 0 Å². The van der Waals surface area contributed by atoms with E-state index in [9.17, 15) is 0 Å². The number of aromatic nitrogens is 2. The fraction of sp³-hybridized carbons (Fsp3) is 0.362. The van der Waals surface area contributed by atoms with Gasteiger partial charge in [0.2, 0.25) is 0 Å². The van der Waals surface area contributed by atoms with Crippen LogP contribution in [0.25, 0.3) is 32.8 Å². The van der Waals surface area contributed by atoms with E-state index in [1.165, 1.54) is 71.6 Å². The first-order valence-corrected chi connectivity index (χ1v) is 17.6. The average Bonchev–Trinajstić information content (AvgIpc) is 3.03. The second kappa shape index (κ2) is 20.8. The maximum atomic E-state index is 4.76. The van der Waals surface area contributed by atoms with Gasteiger partial charge in [-0.3, -0.25) is 9.97 Å². The Kier molecular flexibility index (Phi) is 18.8. The van der Waals surface area contributed by atoms with Crippen LogP contribution in [0, 0.1) is 33.8 Å². The van der Waals surface area contributed by atoms with Crippen LogP contribution in [-0.2, 0) is 0 Å². The number of aryl methyl sites for hydroxylation is 4. The minimum atomic E-state index is 0. The summed E-state index contributed by atoms with van der Waals surface area (Å²) in [4.78, 5) is 8.97. The van der Waals surface area contributed by atoms with Crippen LogP contribution >= 0.6 is 0 Å². The molecule has 0 unspecified atom stereocenters. The molecule has 0 fully saturated rings. The summed E-state index contributed by atoms with van der Waals surface area (Å²) in [6.07, 6.45) is 5.80. The Morgan fingerprint density at radius 1 is 0.529 bits per heavy atom. The molecule has 0 N–H and O–H groups in total. The molecule has 0 saturated heterocycles. The molecule has 0 aliphatic carbocycles. The van der Waals surface area contributed by atoms with Crippen LogP contribution in [0.5, 0.6) is 0 Å². The van der Waals surface area contributed by atoms with E-state index in [0.717, 1.165) is 5.69 Å². The second-order valence-corrected chi connectivity index (χ2v) is 14.7. The Morgan fingerprint density at radius 3 is 1.51 bits per heavy atom. The summed E-state index contributed by atoms with van der Waals surface area (Å²) in [7, 11) is 0. The molecule has 4 heteroatoms. The van der Waals surface area contributed by atoms with Gasteiger partial charge >= 0.3 is 23.1 Å². The van der Waals surface area contributed by atoms with Gasteiger partial charge in [-0.1, -0.05) is 106 Å². The first-order chi connectivity index (χ1) is 22.7. The molecular weight excluding hydrogens is 697 g/mol. The van der Waals surface area contributed by atoms with Crippen molar-refractivity contribution >= 4 is 44.6 Å². The molecule has 2 aromatic heterocycles. The number of benzene rings is 4. The van der Waals surface area contributed by atoms with Crippen molar-refractivity contribution in [3.63, 3.8) is 0 Å². The van der Waals surface area contributed by atoms with Crippen molar-refractivity contribution in [1.29, 1.82) is 0 Å². The average molecular weight is 756 g/mol. The number of halogens is 1. The van der Waals surface area contributed by atoms with Gasteiger partial charge in [0.05, 0.1) is 5.69 Å². The predicted octanol–water partition coefficient (Wildman–Crippen LogP) is 10.6. The van der Waals surface area contributed by atoms with Crippen LogP contribution in [0.3, 0.4) is 0 Å². The molecule has 0 bridgehead atoms. The van der Waals surface area contributed by atoms with Crippen molar-refractivity contribution in [3.8, 4) is 11.3 Å². The zero-order chi connectivity index (χ0) is 35.1. The topological polar surface area (TPSA) is 25.8 Å². The van der Waals surface area contributed by atoms with Crippen molar-refractivity contribution in [2.24, 2.45) is 0 Å². The molecule has 0 aliphatic heterocycles. The summed E-state index contributed by atoms with van der Waals surface area (Å²) >= 11 is 0. The van der Waals surface area contributed by atoms with Crippen LogP contribution in [0.2, 0.25) is 0 Å². The normalized spacial score (nSPS) is 10.6. The first-order valence-electron chi connectivity index (χ1n) is 17.6. The standard InChI is InChI=1S/C23H27N.C15H19N.C8H9.CH4.BrH.Mg/c1-14(2)18-12-21(15(3)4)20-7-8-24-23(22(20)13-18)19-10-16(5)9-17(6)11-19;1-10(2)12-7-13-9-16-6-5-14(13)15(8-12)11(3)4;1-7-4-3-5-8(2)6-7;;;/h7-15H,1-6H3;5-11H,1-4H3;4-6H,1-2H3;1H4;1H;/q;;-1;;;+2/p-1. The van der Waals surface area contributed by atoms with Crippen molar-refractivity contribution in [1.82, 2.24) is 9.97 Å². The summed E-state index contributed by atoms with van der Waals surface area (Å²) in [5.41, 5.74) is 13.1. The largest absolute Gasteiger partial charge is 2.00 e. The zero-order valence-corrected chi connectivity index (χ0v) is 35.4. The molecule has 2 nitrogen and oxygen atoms in total. The Labute approximate surface area is 336 Å². The predicted molar refractivity (Wildman–Crippen MR) is 222 cm³/mol. The van der Waals surface area contributed by atoms with Gasteiger partial charge in [0.15, 0.2) is 0 Å². The molecule has 0 radical (unpaired) electrons. The maximum Gasteiger partial charge on any atom is 2.00 e. The van der Waals surface area contributed by atoms with Gasteiger partial charge in [0, 0.05) is 34.9 Å². The van der Waals surface area contributed by atoms with E-state index in [4.69, 9.17) is 4.98 Å². The third kappa shape index (κ3) is 12.3.